The Kier molecular flexibility index (Phi) is 4.84. The zero-order valence-corrected chi connectivity index (χ0v) is 15.3. The van der Waals surface area contributed by atoms with Crippen LogP contribution in [0.5, 0.6) is 5.75 Å². The molecule has 0 radical (unpaired) electrons. The first-order valence-electron chi connectivity index (χ1n) is 7.55. The average molecular weight is 465 g/mol. The van der Waals surface area contributed by atoms with Crippen molar-refractivity contribution in [3.05, 3.63) is 63.2 Å². The van der Waals surface area contributed by atoms with E-state index in [1.807, 2.05) is 11.8 Å². The Morgan fingerprint density at radius 1 is 1.24 bits per heavy atom. The van der Waals surface area contributed by atoms with E-state index in [0.29, 0.717) is 24.4 Å². The van der Waals surface area contributed by atoms with Gasteiger partial charge in [0.15, 0.2) is 5.75 Å². The van der Waals surface area contributed by atoms with Crippen LogP contribution in [0.2, 0.25) is 0 Å². The van der Waals surface area contributed by atoms with Gasteiger partial charge in [0.2, 0.25) is 5.43 Å². The fourth-order valence-corrected chi connectivity index (χ4v) is 3.87. The molecule has 4 nitrogen and oxygen atoms in total. The first-order valence-corrected chi connectivity index (χ1v) is 8.80. The van der Waals surface area contributed by atoms with Gasteiger partial charge >= 0.3 is 6.18 Å². The van der Waals surface area contributed by atoms with E-state index in [2.05, 4.69) is 22.6 Å². The molecule has 1 aliphatic rings. The molecule has 0 amide bonds. The number of hydrogen-bond acceptors (Lipinski definition) is 4. The van der Waals surface area contributed by atoms with Crippen LogP contribution in [0.15, 0.2) is 39.7 Å². The summed E-state index contributed by atoms with van der Waals surface area (Å²) in [6.07, 6.45) is -3.38. The molecule has 8 heteroatoms. The van der Waals surface area contributed by atoms with Crippen LogP contribution in [0.25, 0.3) is 0 Å². The van der Waals surface area contributed by atoms with Gasteiger partial charge in [0.25, 0.3) is 0 Å². The van der Waals surface area contributed by atoms with E-state index in [1.54, 1.807) is 0 Å². The van der Waals surface area contributed by atoms with Crippen LogP contribution in [0.3, 0.4) is 0 Å². The Bertz CT molecular complexity index is 848. The molecule has 1 aromatic heterocycles. The van der Waals surface area contributed by atoms with Gasteiger partial charge in [-0.1, -0.05) is 35.6 Å². The van der Waals surface area contributed by atoms with Gasteiger partial charge < -0.3 is 9.52 Å². The highest BCUT2D eigenvalue weighted by Gasteiger charge is 2.35. The lowest BCUT2D eigenvalue weighted by Gasteiger charge is -2.28. The minimum atomic E-state index is -4.37. The lowest BCUT2D eigenvalue weighted by atomic mass is 10.1. The standard InChI is InChI=1S/C17H15F3INO3/c1-9(21)16(15-5-13(23)14(24)8-25-15)22-6-10-2-3-12(17(18,19)20)4-11(10)7-22/h2-5,8-9,16,24H,6-7H2,1H3/t9-,16?/m1/s1. The van der Waals surface area contributed by atoms with Crippen molar-refractivity contribution in [3.63, 3.8) is 0 Å². The monoisotopic (exact) mass is 465 g/mol. The second-order valence-corrected chi connectivity index (χ2v) is 8.01. The van der Waals surface area contributed by atoms with E-state index in [9.17, 15) is 23.1 Å². The highest BCUT2D eigenvalue weighted by molar-refractivity contribution is 14.1. The molecule has 3 rings (SSSR count). The molecule has 1 aromatic carbocycles. The molecular weight excluding hydrogens is 450 g/mol. The molecule has 0 aliphatic carbocycles. The van der Waals surface area contributed by atoms with Crippen molar-refractivity contribution in [1.29, 1.82) is 0 Å². The fourth-order valence-electron chi connectivity index (χ4n) is 3.06. The van der Waals surface area contributed by atoms with E-state index in [1.165, 1.54) is 18.2 Å². The van der Waals surface area contributed by atoms with Crippen molar-refractivity contribution in [2.75, 3.05) is 0 Å². The van der Waals surface area contributed by atoms with Crippen molar-refractivity contribution >= 4 is 22.6 Å². The molecule has 0 fully saturated rings. The van der Waals surface area contributed by atoms with Crippen molar-refractivity contribution in [1.82, 2.24) is 4.90 Å². The normalized spacial score (nSPS) is 17.3. The number of benzene rings is 1. The summed E-state index contributed by atoms with van der Waals surface area (Å²) >= 11 is 2.19. The third kappa shape index (κ3) is 3.69. The summed E-state index contributed by atoms with van der Waals surface area (Å²) in [7, 11) is 0. The number of aromatic hydroxyl groups is 1. The van der Waals surface area contributed by atoms with Gasteiger partial charge in [-0.25, -0.2) is 0 Å². The van der Waals surface area contributed by atoms with Crippen LogP contribution in [-0.2, 0) is 19.3 Å². The molecule has 25 heavy (non-hydrogen) atoms. The van der Waals surface area contributed by atoms with E-state index in [-0.39, 0.29) is 9.97 Å². The Morgan fingerprint density at radius 3 is 2.52 bits per heavy atom. The summed E-state index contributed by atoms with van der Waals surface area (Å²) in [5.74, 6) is -0.0864. The summed E-state index contributed by atoms with van der Waals surface area (Å²) in [4.78, 5) is 13.7. The number of fused-ring (bicyclic) bond motifs is 1. The molecule has 2 aromatic rings. The molecule has 0 saturated heterocycles. The third-order valence-electron chi connectivity index (χ3n) is 4.23. The van der Waals surface area contributed by atoms with Gasteiger partial charge in [0.05, 0.1) is 11.6 Å². The molecule has 0 saturated carbocycles. The molecule has 2 heterocycles. The number of nitrogens with zero attached hydrogens (tertiary/aromatic N) is 1. The Hall–Kier alpha value is -1.55. The van der Waals surface area contributed by atoms with Gasteiger partial charge in [-0.2, -0.15) is 13.2 Å². The fraction of sp³-hybridized carbons (Fsp3) is 0.353. The van der Waals surface area contributed by atoms with E-state index in [0.717, 1.165) is 17.9 Å². The topological polar surface area (TPSA) is 53.7 Å². The van der Waals surface area contributed by atoms with Crippen LogP contribution in [0.4, 0.5) is 13.2 Å². The van der Waals surface area contributed by atoms with Gasteiger partial charge in [-0.05, 0) is 23.3 Å². The second kappa shape index (κ2) is 6.64. The minimum absolute atomic E-state index is 0.0293. The van der Waals surface area contributed by atoms with E-state index < -0.39 is 22.9 Å². The zero-order valence-electron chi connectivity index (χ0n) is 13.2. The van der Waals surface area contributed by atoms with Gasteiger partial charge in [0, 0.05) is 23.1 Å². The summed E-state index contributed by atoms with van der Waals surface area (Å²) in [6, 6.07) is 4.71. The second-order valence-electron chi connectivity index (χ2n) is 6.04. The molecule has 1 N–H and O–H groups in total. The Morgan fingerprint density at radius 2 is 1.92 bits per heavy atom. The number of rotatable bonds is 3. The molecule has 1 unspecified atom stereocenters. The van der Waals surface area contributed by atoms with Crippen molar-refractivity contribution < 1.29 is 22.7 Å². The molecule has 1 aliphatic heterocycles. The summed E-state index contributed by atoms with van der Waals surface area (Å²) in [5.41, 5.74) is 0.247. The first-order chi connectivity index (χ1) is 11.7. The van der Waals surface area contributed by atoms with Crippen LogP contribution in [0.1, 0.15) is 35.4 Å². The largest absolute Gasteiger partial charge is 0.502 e. The first kappa shape index (κ1) is 18.2. The number of hydrogen-bond donors (Lipinski definition) is 1. The smallest absolute Gasteiger partial charge is 0.416 e. The predicted octanol–water partition coefficient (Wildman–Crippen LogP) is 4.24. The Balaban J connectivity index is 1.92. The number of halogens is 4. The van der Waals surface area contributed by atoms with Crippen molar-refractivity contribution in [2.45, 2.75) is 36.2 Å². The maximum atomic E-state index is 12.9. The molecule has 134 valence electrons. The highest BCUT2D eigenvalue weighted by atomic mass is 127. The van der Waals surface area contributed by atoms with Gasteiger partial charge in [-0.15, -0.1) is 0 Å². The zero-order chi connectivity index (χ0) is 18.4. The van der Waals surface area contributed by atoms with Crippen molar-refractivity contribution in [2.24, 2.45) is 0 Å². The Labute approximate surface area is 155 Å². The van der Waals surface area contributed by atoms with Gasteiger partial charge in [-0.3, -0.25) is 9.69 Å². The highest BCUT2D eigenvalue weighted by Crippen LogP contribution is 2.38. The van der Waals surface area contributed by atoms with Crippen LogP contribution < -0.4 is 5.43 Å². The van der Waals surface area contributed by atoms with E-state index >= 15 is 0 Å². The van der Waals surface area contributed by atoms with Crippen LogP contribution >= 0.6 is 22.6 Å². The molecule has 0 spiro atoms. The van der Waals surface area contributed by atoms with Gasteiger partial charge in [0.1, 0.15) is 12.0 Å². The molecule has 2 atom stereocenters. The molecular formula is C17H15F3INO3. The number of alkyl halides is 4. The predicted molar refractivity (Wildman–Crippen MR) is 93.6 cm³/mol. The van der Waals surface area contributed by atoms with Crippen molar-refractivity contribution in [3.8, 4) is 5.75 Å². The SMILES string of the molecule is C[C@@H](I)C(c1cc(=O)c(O)co1)N1Cc2ccc(C(F)(F)F)cc2C1. The summed E-state index contributed by atoms with van der Waals surface area (Å²) < 4.78 is 44.1. The lowest BCUT2D eigenvalue weighted by molar-refractivity contribution is -0.137. The molecule has 0 bridgehead atoms. The van der Waals surface area contributed by atoms with Crippen LogP contribution in [-0.4, -0.2) is 13.9 Å². The van der Waals surface area contributed by atoms with Crippen LogP contribution in [0, 0.1) is 0 Å². The summed E-state index contributed by atoms with van der Waals surface area (Å²) in [5, 5.41) is 9.35. The lowest BCUT2D eigenvalue weighted by Crippen LogP contribution is -2.29. The maximum absolute atomic E-state index is 12.9. The summed E-state index contributed by atoms with van der Waals surface area (Å²) in [6.45, 7) is 2.74. The van der Waals surface area contributed by atoms with E-state index in [4.69, 9.17) is 4.42 Å². The quantitative estimate of drug-likeness (QED) is 0.545. The minimum Gasteiger partial charge on any atom is -0.502 e. The maximum Gasteiger partial charge on any atom is 0.416 e. The average Bonchev–Trinajstić information content (AvgIpc) is 2.92. The third-order valence-corrected chi connectivity index (χ3v) is 4.91.